The van der Waals surface area contributed by atoms with E-state index in [9.17, 15) is 26.4 Å². The van der Waals surface area contributed by atoms with Gasteiger partial charge in [-0.3, -0.25) is 4.79 Å². The Balaban J connectivity index is 2.41. The van der Waals surface area contributed by atoms with Crippen LogP contribution in [0.1, 0.15) is 28.4 Å². The number of rotatable bonds is 5. The van der Waals surface area contributed by atoms with Gasteiger partial charge in [-0.25, -0.2) is 13.1 Å². The van der Waals surface area contributed by atoms with Gasteiger partial charge in [0, 0.05) is 5.56 Å². The van der Waals surface area contributed by atoms with Crippen molar-refractivity contribution < 1.29 is 31.1 Å². The molecule has 0 fully saturated rings. The molecule has 0 aliphatic carbocycles. The predicted octanol–water partition coefficient (Wildman–Crippen LogP) is 3.09. The van der Waals surface area contributed by atoms with Crippen molar-refractivity contribution in [1.82, 2.24) is 4.72 Å². The summed E-state index contributed by atoms with van der Waals surface area (Å²) in [6.45, 7) is 2.02. The molecule has 0 saturated carbocycles. The molecule has 0 heterocycles. The average Bonchev–Trinajstić information content (AvgIpc) is 2.60. The Morgan fingerprint density at radius 1 is 1.22 bits per heavy atom. The van der Waals surface area contributed by atoms with E-state index in [0.29, 0.717) is 24.5 Å². The van der Waals surface area contributed by atoms with Crippen molar-refractivity contribution >= 4 is 15.9 Å². The quantitative estimate of drug-likeness (QED) is 0.835. The lowest BCUT2D eigenvalue weighted by molar-refractivity contribution is -0.139. The average molecular weight is 398 g/mol. The minimum Gasteiger partial charge on any atom is -0.494 e. The topological polar surface area (TPSA) is 96.3 Å². The second-order valence-electron chi connectivity index (χ2n) is 5.22. The van der Waals surface area contributed by atoms with Crippen LogP contribution in [0, 0.1) is 11.3 Å². The van der Waals surface area contributed by atoms with Crippen LogP contribution in [-0.2, 0) is 16.2 Å². The molecular formula is C17H13F3N2O4S. The van der Waals surface area contributed by atoms with Crippen LogP contribution in [0.2, 0.25) is 0 Å². The summed E-state index contributed by atoms with van der Waals surface area (Å²) < 4.78 is 71.1. The van der Waals surface area contributed by atoms with Gasteiger partial charge in [0.25, 0.3) is 15.9 Å². The molecule has 10 heteroatoms. The second kappa shape index (κ2) is 7.67. The highest BCUT2D eigenvalue weighted by atomic mass is 32.2. The molecule has 2 aromatic carbocycles. The number of hydrogen-bond donors (Lipinski definition) is 1. The van der Waals surface area contributed by atoms with Crippen LogP contribution in [0.3, 0.4) is 0 Å². The van der Waals surface area contributed by atoms with Gasteiger partial charge in [-0.05, 0) is 43.3 Å². The van der Waals surface area contributed by atoms with Crippen molar-refractivity contribution in [1.29, 1.82) is 5.26 Å². The zero-order valence-electron chi connectivity index (χ0n) is 13.9. The first-order chi connectivity index (χ1) is 12.6. The summed E-state index contributed by atoms with van der Waals surface area (Å²) >= 11 is 0. The number of nitriles is 1. The monoisotopic (exact) mass is 398 g/mol. The van der Waals surface area contributed by atoms with Crippen LogP contribution < -0.4 is 9.46 Å². The Morgan fingerprint density at radius 2 is 1.93 bits per heavy atom. The molecule has 0 atom stereocenters. The number of benzene rings is 2. The number of halogens is 3. The molecule has 2 aromatic rings. The lowest BCUT2D eigenvalue weighted by Gasteiger charge is -2.14. The molecule has 0 saturated heterocycles. The first kappa shape index (κ1) is 20.3. The van der Waals surface area contributed by atoms with Crippen molar-refractivity contribution in [2.45, 2.75) is 18.0 Å². The number of nitrogens with one attached hydrogen (secondary N) is 1. The molecule has 0 aromatic heterocycles. The van der Waals surface area contributed by atoms with Gasteiger partial charge < -0.3 is 4.74 Å². The molecular weight excluding hydrogens is 385 g/mol. The van der Waals surface area contributed by atoms with Crippen molar-refractivity contribution in [2.75, 3.05) is 6.61 Å². The highest BCUT2D eigenvalue weighted by Crippen LogP contribution is 2.34. The molecule has 1 amide bonds. The van der Waals surface area contributed by atoms with Gasteiger partial charge in [-0.2, -0.15) is 18.4 Å². The minimum atomic E-state index is -5.03. The van der Waals surface area contributed by atoms with Crippen LogP contribution in [0.25, 0.3) is 0 Å². The fourth-order valence-electron chi connectivity index (χ4n) is 2.19. The summed E-state index contributed by atoms with van der Waals surface area (Å²) in [5, 5.41) is 8.74. The van der Waals surface area contributed by atoms with Crippen LogP contribution >= 0.6 is 0 Å². The number of alkyl halides is 3. The van der Waals surface area contributed by atoms with Crippen LogP contribution in [-0.4, -0.2) is 20.9 Å². The van der Waals surface area contributed by atoms with Crippen LogP contribution in [0.15, 0.2) is 47.4 Å². The van der Waals surface area contributed by atoms with Crippen LogP contribution in [0.4, 0.5) is 13.2 Å². The number of carbonyl (C=O) groups is 1. The van der Waals surface area contributed by atoms with Crippen molar-refractivity contribution in [3.8, 4) is 11.8 Å². The van der Waals surface area contributed by atoms with E-state index in [0.717, 1.165) is 6.07 Å². The Hall–Kier alpha value is -3.06. The summed E-state index contributed by atoms with van der Waals surface area (Å²) in [4.78, 5) is 11.0. The highest BCUT2D eigenvalue weighted by molar-refractivity contribution is 7.90. The van der Waals surface area contributed by atoms with Crippen molar-refractivity contribution in [3.63, 3.8) is 0 Å². The van der Waals surface area contributed by atoms with E-state index in [1.54, 1.807) is 11.6 Å². The van der Waals surface area contributed by atoms with E-state index >= 15 is 0 Å². The number of sulfonamides is 1. The largest absolute Gasteiger partial charge is 0.494 e. The molecule has 0 bridgehead atoms. The molecule has 1 N–H and O–H groups in total. The predicted molar refractivity (Wildman–Crippen MR) is 88.4 cm³/mol. The number of ether oxygens (including phenoxy) is 1. The smallest absolute Gasteiger partial charge is 0.417 e. The third kappa shape index (κ3) is 4.77. The SMILES string of the molecule is CCOc1cccc(C(=O)NS(=O)(=O)c2ccc(C#N)cc2C(F)(F)F)c1. The second-order valence-corrected chi connectivity index (χ2v) is 6.87. The fourth-order valence-corrected chi connectivity index (χ4v) is 3.37. The van der Waals surface area contributed by atoms with E-state index in [1.807, 2.05) is 0 Å². The third-order valence-corrected chi connectivity index (χ3v) is 4.73. The van der Waals surface area contributed by atoms with Crippen molar-refractivity contribution in [2.24, 2.45) is 0 Å². The zero-order valence-corrected chi connectivity index (χ0v) is 14.7. The molecule has 27 heavy (non-hydrogen) atoms. The Bertz CT molecular complexity index is 1010. The third-order valence-electron chi connectivity index (χ3n) is 3.34. The molecule has 2 rings (SSSR count). The van der Waals surface area contributed by atoms with Gasteiger partial charge in [0.2, 0.25) is 0 Å². The first-order valence-electron chi connectivity index (χ1n) is 7.50. The maximum absolute atomic E-state index is 13.2. The van der Waals surface area contributed by atoms with Crippen molar-refractivity contribution in [3.05, 3.63) is 59.2 Å². The Labute approximate surface area is 153 Å². The standard InChI is InChI=1S/C17H13F3N2O4S/c1-2-26-13-5-3-4-12(9-13)16(23)22-27(24,25)15-7-6-11(10-21)8-14(15)17(18,19)20/h3-9H,2H2,1H3,(H,22,23). The summed E-state index contributed by atoms with van der Waals surface area (Å²) in [6.07, 6.45) is -5.03. The highest BCUT2D eigenvalue weighted by Gasteiger charge is 2.38. The maximum Gasteiger partial charge on any atom is 0.417 e. The summed E-state index contributed by atoms with van der Waals surface area (Å²) in [5.74, 6) is -0.814. The lowest BCUT2D eigenvalue weighted by Crippen LogP contribution is -2.32. The number of hydrogen-bond acceptors (Lipinski definition) is 5. The number of amides is 1. The van der Waals surface area contributed by atoms with Gasteiger partial charge in [-0.1, -0.05) is 6.07 Å². The number of nitrogens with zero attached hydrogens (tertiary/aromatic N) is 1. The maximum atomic E-state index is 13.2. The van der Waals surface area contributed by atoms with Gasteiger partial charge in [0.05, 0.1) is 28.7 Å². The van der Waals surface area contributed by atoms with E-state index in [1.165, 1.54) is 30.3 Å². The lowest BCUT2D eigenvalue weighted by atomic mass is 10.1. The van der Waals surface area contributed by atoms with E-state index in [2.05, 4.69) is 0 Å². The van der Waals surface area contributed by atoms with Gasteiger partial charge in [0.1, 0.15) is 5.75 Å². The van der Waals surface area contributed by atoms with Gasteiger partial charge >= 0.3 is 6.18 Å². The molecule has 0 spiro atoms. The van der Waals surface area contributed by atoms with E-state index in [-0.39, 0.29) is 11.1 Å². The van der Waals surface area contributed by atoms with E-state index in [4.69, 9.17) is 10.00 Å². The normalized spacial score (nSPS) is 11.5. The molecule has 0 unspecified atom stereocenters. The first-order valence-corrected chi connectivity index (χ1v) is 8.98. The summed E-state index contributed by atoms with van der Waals surface area (Å²) in [7, 11) is -4.84. The van der Waals surface area contributed by atoms with Crippen LogP contribution in [0.5, 0.6) is 5.75 Å². The van der Waals surface area contributed by atoms with Gasteiger partial charge in [-0.15, -0.1) is 0 Å². The molecule has 0 aliphatic heterocycles. The molecule has 0 radical (unpaired) electrons. The minimum absolute atomic E-state index is 0.105. The molecule has 142 valence electrons. The molecule has 0 aliphatic rings. The van der Waals surface area contributed by atoms with Gasteiger partial charge in [0.15, 0.2) is 0 Å². The van der Waals surface area contributed by atoms with E-state index < -0.39 is 32.6 Å². The summed E-state index contributed by atoms with van der Waals surface area (Å²) in [5.41, 5.74) is -2.01. The fraction of sp³-hybridized carbons (Fsp3) is 0.176. The number of carbonyl (C=O) groups excluding carboxylic acids is 1. The zero-order chi connectivity index (χ0) is 20.2. The molecule has 6 nitrogen and oxygen atoms in total. The Kier molecular flexibility index (Phi) is 5.75. The Morgan fingerprint density at radius 3 is 2.52 bits per heavy atom. The summed E-state index contributed by atoms with van der Waals surface area (Å²) in [6, 6.07) is 9.00.